The Hall–Kier alpha value is -1.98. The molecular weight excluding hydrogens is 370 g/mol. The zero-order valence-electron chi connectivity index (χ0n) is 14.6. The molecule has 8 nitrogen and oxygen atoms in total. The smallest absolute Gasteiger partial charge is 0.338 e. The number of rotatable bonds is 6. The van der Waals surface area contributed by atoms with Crippen molar-refractivity contribution in [2.75, 3.05) is 13.2 Å². The van der Waals surface area contributed by atoms with Crippen LogP contribution in [0.5, 0.6) is 0 Å². The van der Waals surface area contributed by atoms with Crippen LogP contribution >= 0.6 is 11.0 Å². The summed E-state index contributed by atoms with van der Waals surface area (Å²) < 4.78 is 28.7. The van der Waals surface area contributed by atoms with Gasteiger partial charge in [-0.15, -0.1) is 0 Å². The number of ether oxygens (including phenoxy) is 1. The lowest BCUT2D eigenvalue weighted by atomic mass is 10.1. The van der Waals surface area contributed by atoms with Gasteiger partial charge in [0.25, 0.3) is 0 Å². The number of carbonyl (C=O) groups excluding carboxylic acids is 1. The molecule has 2 atom stereocenters. The maximum Gasteiger partial charge on any atom is 0.338 e. The molecule has 2 unspecified atom stereocenters. The Kier molecular flexibility index (Phi) is 6.12. The third-order valence-corrected chi connectivity index (χ3v) is 5.79. The quantitative estimate of drug-likeness (QED) is 0.470. The van der Waals surface area contributed by atoms with Gasteiger partial charge in [0, 0.05) is 6.54 Å². The van der Waals surface area contributed by atoms with E-state index in [1.54, 1.807) is 24.3 Å². The number of nitrogens with one attached hydrogen (secondary N) is 1. The van der Waals surface area contributed by atoms with Crippen LogP contribution in [-0.2, 0) is 11.3 Å². The Balaban J connectivity index is 1.54. The van der Waals surface area contributed by atoms with Crippen molar-refractivity contribution in [3.63, 3.8) is 0 Å². The van der Waals surface area contributed by atoms with Gasteiger partial charge in [0.05, 0.1) is 18.2 Å². The molecule has 146 valence electrons. The van der Waals surface area contributed by atoms with Gasteiger partial charge in [0.15, 0.2) is 0 Å². The molecule has 0 radical (unpaired) electrons. The van der Waals surface area contributed by atoms with Crippen molar-refractivity contribution >= 4 is 16.9 Å². The molecule has 6 N–H and O–H groups in total. The summed E-state index contributed by atoms with van der Waals surface area (Å²) in [5, 5.41) is 9.49. The van der Waals surface area contributed by atoms with Gasteiger partial charge in [0.2, 0.25) is 0 Å². The lowest BCUT2D eigenvalue weighted by Crippen LogP contribution is -2.25. The molecule has 2 aromatic rings. The van der Waals surface area contributed by atoms with Crippen molar-refractivity contribution in [1.29, 1.82) is 0 Å². The standard InChI is InChI=1S/C18H23N3O5S/c19-16(14-4-2-1-3-5-14)12-26-18(23)15-8-6-13(7-9-15)10-21-11-17(22)20-27(21,24)25/h1-9,16-17,20,22,24-25H,10-12,19H2. The summed E-state index contributed by atoms with van der Waals surface area (Å²) in [6.45, 7) is 0.396. The maximum atomic E-state index is 12.2. The number of hydrogen-bond acceptors (Lipinski definition) is 8. The van der Waals surface area contributed by atoms with Crippen LogP contribution in [-0.4, -0.2) is 43.9 Å². The Bertz CT molecular complexity index is 772. The molecule has 1 saturated heterocycles. The zero-order valence-corrected chi connectivity index (χ0v) is 15.4. The predicted octanol–water partition coefficient (Wildman–Crippen LogP) is 1.85. The first kappa shape index (κ1) is 19.8. The number of nitrogens with zero attached hydrogens (tertiary/aromatic N) is 1. The molecule has 1 fully saturated rings. The Labute approximate surface area is 159 Å². The molecular formula is C18H23N3O5S. The fraction of sp³-hybridized carbons (Fsp3) is 0.278. The van der Waals surface area contributed by atoms with E-state index in [2.05, 4.69) is 4.72 Å². The van der Waals surface area contributed by atoms with Crippen molar-refractivity contribution in [2.24, 2.45) is 5.73 Å². The summed E-state index contributed by atoms with van der Waals surface area (Å²) in [6, 6.07) is 15.6. The van der Waals surface area contributed by atoms with Crippen molar-refractivity contribution in [1.82, 2.24) is 9.03 Å². The predicted molar refractivity (Wildman–Crippen MR) is 102 cm³/mol. The molecule has 0 saturated carbocycles. The largest absolute Gasteiger partial charge is 0.460 e. The van der Waals surface area contributed by atoms with Gasteiger partial charge in [0.1, 0.15) is 12.8 Å². The van der Waals surface area contributed by atoms with E-state index in [9.17, 15) is 19.0 Å². The second-order valence-electron chi connectivity index (χ2n) is 6.29. The number of aliphatic hydroxyl groups is 1. The summed E-state index contributed by atoms with van der Waals surface area (Å²) in [6.07, 6.45) is -0.988. The average Bonchev–Trinajstić information content (AvgIpc) is 2.92. The average molecular weight is 393 g/mol. The summed E-state index contributed by atoms with van der Waals surface area (Å²) >= 11 is 0. The second kappa shape index (κ2) is 8.36. The minimum atomic E-state index is -3.18. The van der Waals surface area contributed by atoms with Crippen LogP contribution < -0.4 is 10.5 Å². The third kappa shape index (κ3) is 5.05. The number of hydrogen-bond donors (Lipinski definition) is 5. The number of benzene rings is 2. The minimum absolute atomic E-state index is 0.0723. The minimum Gasteiger partial charge on any atom is -0.460 e. The van der Waals surface area contributed by atoms with E-state index in [0.29, 0.717) is 5.56 Å². The monoisotopic (exact) mass is 393 g/mol. The number of esters is 1. The Morgan fingerprint density at radius 2 is 1.89 bits per heavy atom. The van der Waals surface area contributed by atoms with Gasteiger partial charge in [-0.25, -0.2) is 4.79 Å². The Morgan fingerprint density at radius 1 is 1.22 bits per heavy atom. The van der Waals surface area contributed by atoms with Crippen molar-refractivity contribution in [2.45, 2.75) is 18.8 Å². The normalized spacial score (nSPS) is 21.6. The highest BCUT2D eigenvalue weighted by Crippen LogP contribution is 2.44. The molecule has 0 spiro atoms. The maximum absolute atomic E-state index is 12.2. The first-order valence-corrected chi connectivity index (χ1v) is 9.91. The summed E-state index contributed by atoms with van der Waals surface area (Å²) in [5.41, 5.74) is 8.06. The van der Waals surface area contributed by atoms with Gasteiger partial charge < -0.3 is 15.6 Å². The van der Waals surface area contributed by atoms with E-state index in [0.717, 1.165) is 11.1 Å². The van der Waals surface area contributed by atoms with Gasteiger partial charge in [-0.1, -0.05) is 53.4 Å². The molecule has 0 bridgehead atoms. The number of β-amino-alcohol motifs (C(OH)–C–C–N with tert-alkyl or cyclic N) is 1. The molecule has 0 amide bonds. The van der Waals surface area contributed by atoms with E-state index in [-0.39, 0.29) is 19.7 Å². The van der Waals surface area contributed by atoms with Gasteiger partial charge in [-0.2, -0.15) is 9.03 Å². The Morgan fingerprint density at radius 3 is 2.48 bits per heavy atom. The van der Waals surface area contributed by atoms with Crippen molar-refractivity contribution < 1.29 is 23.7 Å². The van der Waals surface area contributed by atoms with Crippen LogP contribution in [0.25, 0.3) is 0 Å². The van der Waals surface area contributed by atoms with Crippen LogP contribution in [0.1, 0.15) is 27.5 Å². The fourth-order valence-electron chi connectivity index (χ4n) is 2.74. The summed E-state index contributed by atoms with van der Waals surface area (Å²) in [7, 11) is -3.18. The first-order chi connectivity index (χ1) is 12.8. The molecule has 9 heteroatoms. The van der Waals surface area contributed by atoms with Crippen molar-refractivity contribution in [3.8, 4) is 0 Å². The fourth-order valence-corrected chi connectivity index (χ4v) is 4.01. The van der Waals surface area contributed by atoms with E-state index < -0.39 is 29.2 Å². The summed E-state index contributed by atoms with van der Waals surface area (Å²) in [4.78, 5) is 12.2. The van der Waals surface area contributed by atoms with E-state index >= 15 is 0 Å². The summed E-state index contributed by atoms with van der Waals surface area (Å²) in [5.74, 6) is -0.476. The lowest BCUT2D eigenvalue weighted by Gasteiger charge is -2.35. The first-order valence-electron chi connectivity index (χ1n) is 8.40. The number of nitrogens with two attached hydrogens (primary N) is 1. The van der Waals surface area contributed by atoms with Gasteiger partial charge in [-0.05, 0) is 23.3 Å². The highest BCUT2D eigenvalue weighted by atomic mass is 32.3. The van der Waals surface area contributed by atoms with Crippen LogP contribution in [0.3, 0.4) is 0 Å². The molecule has 0 aliphatic carbocycles. The molecule has 3 rings (SSSR count). The van der Waals surface area contributed by atoms with E-state index in [4.69, 9.17) is 10.5 Å². The van der Waals surface area contributed by atoms with Gasteiger partial charge in [-0.3, -0.25) is 9.11 Å². The molecule has 27 heavy (non-hydrogen) atoms. The van der Waals surface area contributed by atoms with Crippen LogP contribution in [0, 0.1) is 0 Å². The molecule has 0 aromatic heterocycles. The SMILES string of the molecule is NC(COC(=O)c1ccc(CN2CC(O)NS2(O)O)cc1)c1ccccc1. The second-order valence-corrected chi connectivity index (χ2v) is 8.08. The molecule has 1 aliphatic rings. The highest BCUT2D eigenvalue weighted by Gasteiger charge is 2.34. The molecule has 2 aromatic carbocycles. The van der Waals surface area contributed by atoms with Crippen LogP contribution in [0.4, 0.5) is 0 Å². The number of carbonyl (C=O) groups is 1. The lowest BCUT2D eigenvalue weighted by molar-refractivity contribution is 0.0480. The van der Waals surface area contributed by atoms with E-state index in [1.807, 2.05) is 30.3 Å². The molecule has 1 heterocycles. The van der Waals surface area contributed by atoms with Crippen molar-refractivity contribution in [3.05, 3.63) is 71.3 Å². The highest BCUT2D eigenvalue weighted by molar-refractivity contribution is 8.20. The van der Waals surface area contributed by atoms with Gasteiger partial charge >= 0.3 is 5.97 Å². The third-order valence-electron chi connectivity index (χ3n) is 4.20. The zero-order chi connectivity index (χ0) is 19.4. The van der Waals surface area contributed by atoms with Crippen LogP contribution in [0.15, 0.2) is 54.6 Å². The van der Waals surface area contributed by atoms with E-state index in [1.165, 1.54) is 4.31 Å². The topological polar surface area (TPSA) is 128 Å². The van der Waals surface area contributed by atoms with Crippen LogP contribution in [0.2, 0.25) is 0 Å². The molecule has 1 aliphatic heterocycles. The number of aliphatic hydroxyl groups excluding tert-OH is 1.